The predicted molar refractivity (Wildman–Crippen MR) is 69.3 cm³/mol. The molecule has 0 aromatic rings. The van der Waals surface area contributed by atoms with Crippen molar-refractivity contribution in [3.8, 4) is 6.07 Å². The van der Waals surface area contributed by atoms with Gasteiger partial charge in [0.2, 0.25) is 0 Å². The largest absolute Gasteiger partial charge is 0.490 e. The molecule has 1 heterocycles. The predicted octanol–water partition coefficient (Wildman–Crippen LogP) is -1.28. The van der Waals surface area contributed by atoms with Crippen LogP contribution in [0, 0.1) is 17.2 Å². The Balaban J connectivity index is 2.63. The maximum Gasteiger partial charge on any atom is 0.490 e. The van der Waals surface area contributed by atoms with Crippen LogP contribution in [0.1, 0.15) is 0 Å². The summed E-state index contributed by atoms with van der Waals surface area (Å²) in [7, 11) is -11.1. The molecule has 1 aliphatic heterocycles. The zero-order chi connectivity index (χ0) is 18.1. The molecule has 13 nitrogen and oxygen atoms in total. The second-order valence-electron chi connectivity index (χ2n) is 4.17. The van der Waals surface area contributed by atoms with Gasteiger partial charge in [0.15, 0.2) is 0 Å². The molecule has 6 atom stereocenters. The van der Waals surface area contributed by atoms with E-state index in [4.69, 9.17) is 32.5 Å². The Labute approximate surface area is 130 Å². The van der Waals surface area contributed by atoms with Gasteiger partial charge in [0.1, 0.15) is 14.0 Å². The van der Waals surface area contributed by atoms with Crippen LogP contribution in [0.25, 0.3) is 0 Å². The molecule has 17 heteroatoms. The lowest BCUT2D eigenvalue weighted by molar-refractivity contribution is -0.00466. The van der Waals surface area contributed by atoms with Gasteiger partial charge in [-0.25, -0.2) is 13.7 Å². The van der Waals surface area contributed by atoms with Gasteiger partial charge in [-0.15, -0.1) is 0 Å². The fraction of sp³-hybridized carbons (Fsp3) is 0.833. The number of hydrogen-bond acceptors (Lipinski definition) is 9. The van der Waals surface area contributed by atoms with Crippen molar-refractivity contribution in [3.63, 3.8) is 0 Å². The van der Waals surface area contributed by atoms with E-state index in [1.165, 1.54) is 0 Å². The van der Waals surface area contributed by atoms with Crippen molar-refractivity contribution in [2.75, 3.05) is 6.61 Å². The number of ether oxygens (including phenoxy) is 1. The summed E-state index contributed by atoms with van der Waals surface area (Å²) in [5, 5.41) is 18.4. The Kier molecular flexibility index (Phi) is 6.75. The van der Waals surface area contributed by atoms with Crippen LogP contribution in [0.2, 0.25) is 0 Å². The van der Waals surface area contributed by atoms with Crippen LogP contribution in [0.3, 0.4) is 0 Å². The third-order valence-corrected chi connectivity index (χ3v) is 6.20. The smallest absolute Gasteiger partial charge is 0.389 e. The minimum absolute atomic E-state index is 0.878. The van der Waals surface area contributed by atoms with Crippen LogP contribution in [0.5, 0.6) is 0 Å². The number of phosphoric acid groups is 3. The zero-order valence-corrected chi connectivity index (χ0v) is 13.7. The molecular weight excluding hydrogens is 382 g/mol. The Hall–Kier alpha value is -0.115. The SMILES string of the molecule is [B][C@@H]1O[C@H](COP(=O)(O)OP(=O)(O)OP(=O)(O)O)C(O)C1C#N. The number of hydrogen-bond donors (Lipinski definition) is 5. The second-order valence-corrected chi connectivity index (χ2v) is 8.59. The maximum absolute atomic E-state index is 11.4. The summed E-state index contributed by atoms with van der Waals surface area (Å²) in [4.78, 5) is 34.8. The van der Waals surface area contributed by atoms with E-state index in [0.717, 1.165) is 0 Å². The van der Waals surface area contributed by atoms with Gasteiger partial charge >= 0.3 is 23.5 Å². The van der Waals surface area contributed by atoms with Gasteiger partial charge in [0.05, 0.1) is 24.7 Å². The Bertz CT molecular complexity index is 614. The maximum atomic E-state index is 11.4. The first kappa shape index (κ1) is 20.9. The molecule has 0 aromatic carbocycles. The van der Waals surface area contributed by atoms with E-state index in [9.17, 15) is 23.7 Å². The van der Waals surface area contributed by atoms with Gasteiger partial charge in [0.25, 0.3) is 0 Å². The minimum atomic E-state index is -5.62. The quantitative estimate of drug-likeness (QED) is 0.252. The van der Waals surface area contributed by atoms with Gasteiger partial charge in [-0.05, 0) is 0 Å². The number of nitriles is 1. The van der Waals surface area contributed by atoms with Crippen molar-refractivity contribution in [3.05, 3.63) is 0 Å². The van der Waals surface area contributed by atoms with E-state index >= 15 is 0 Å². The molecule has 0 aromatic heterocycles. The van der Waals surface area contributed by atoms with Crippen molar-refractivity contribution in [2.45, 2.75) is 18.2 Å². The van der Waals surface area contributed by atoms with Crippen LogP contribution < -0.4 is 0 Å². The van der Waals surface area contributed by atoms with E-state index in [2.05, 4.69) is 13.1 Å². The molecule has 0 saturated carbocycles. The summed E-state index contributed by atoms with van der Waals surface area (Å²) in [6.07, 6.45) is -2.79. The molecule has 4 unspecified atom stereocenters. The van der Waals surface area contributed by atoms with Crippen LogP contribution >= 0.6 is 23.5 Å². The molecule has 0 aliphatic carbocycles. The molecule has 1 fully saturated rings. The second kappa shape index (κ2) is 7.41. The Morgan fingerprint density at radius 1 is 1.13 bits per heavy atom. The lowest BCUT2D eigenvalue weighted by Crippen LogP contribution is -2.29. The van der Waals surface area contributed by atoms with Crippen molar-refractivity contribution in [2.24, 2.45) is 5.92 Å². The summed E-state index contributed by atoms with van der Waals surface area (Å²) in [5.41, 5.74) is 0. The molecule has 130 valence electrons. The molecular formula is C6H11BNO12P3. The summed E-state index contributed by atoms with van der Waals surface area (Å²) in [6, 6.07) is 0.455. The van der Waals surface area contributed by atoms with Gasteiger partial charge in [-0.3, -0.25) is 4.52 Å². The topological polar surface area (TPSA) is 213 Å². The molecule has 0 amide bonds. The minimum Gasteiger partial charge on any atom is -0.389 e. The lowest BCUT2D eigenvalue weighted by Gasteiger charge is -2.19. The molecule has 1 saturated heterocycles. The molecule has 0 spiro atoms. The fourth-order valence-corrected chi connectivity index (χ4v) is 4.58. The summed E-state index contributed by atoms with van der Waals surface area (Å²) >= 11 is 0. The normalized spacial score (nSPS) is 33.6. The highest BCUT2D eigenvalue weighted by atomic mass is 31.3. The van der Waals surface area contributed by atoms with E-state index in [0.29, 0.717) is 0 Å². The number of aliphatic hydroxyl groups is 1. The highest BCUT2D eigenvalue weighted by molar-refractivity contribution is 7.66. The first-order chi connectivity index (χ1) is 10.3. The monoisotopic (exact) mass is 393 g/mol. The van der Waals surface area contributed by atoms with E-state index < -0.39 is 54.2 Å². The Morgan fingerprint density at radius 3 is 2.13 bits per heavy atom. The number of phosphoric ester groups is 1. The number of rotatable bonds is 7. The Morgan fingerprint density at radius 2 is 1.70 bits per heavy atom. The number of aliphatic hydroxyl groups excluding tert-OH is 1. The van der Waals surface area contributed by atoms with Gasteiger partial charge in [-0.2, -0.15) is 13.9 Å². The lowest BCUT2D eigenvalue weighted by atomic mass is 9.86. The molecule has 1 rings (SSSR count). The van der Waals surface area contributed by atoms with E-state index in [-0.39, 0.29) is 0 Å². The fourth-order valence-electron chi connectivity index (χ4n) is 1.55. The van der Waals surface area contributed by atoms with Crippen LogP contribution in [-0.4, -0.2) is 57.3 Å². The highest BCUT2D eigenvalue weighted by Crippen LogP contribution is 2.66. The molecule has 0 bridgehead atoms. The highest BCUT2D eigenvalue weighted by Gasteiger charge is 2.44. The third-order valence-electron chi connectivity index (χ3n) is 2.40. The van der Waals surface area contributed by atoms with Crippen molar-refractivity contribution >= 4 is 31.3 Å². The number of nitrogens with zero attached hydrogens (tertiary/aromatic N) is 1. The summed E-state index contributed by atoms with van der Waals surface area (Å²) in [5.74, 6) is -1.13. The van der Waals surface area contributed by atoms with Gasteiger partial charge in [-0.1, -0.05) is 0 Å². The van der Waals surface area contributed by atoms with E-state index in [1.807, 2.05) is 0 Å². The van der Waals surface area contributed by atoms with Crippen LogP contribution in [0.4, 0.5) is 0 Å². The summed E-state index contributed by atoms with van der Waals surface area (Å²) < 4.78 is 49.0. The molecule has 2 radical (unpaired) electrons. The van der Waals surface area contributed by atoms with E-state index in [1.54, 1.807) is 6.07 Å². The van der Waals surface area contributed by atoms with Crippen molar-refractivity contribution < 1.29 is 56.3 Å². The van der Waals surface area contributed by atoms with Crippen LogP contribution in [0.15, 0.2) is 0 Å². The molecule has 1 aliphatic rings. The average molecular weight is 393 g/mol. The van der Waals surface area contributed by atoms with Gasteiger partial charge < -0.3 is 29.4 Å². The third kappa shape index (κ3) is 6.72. The van der Waals surface area contributed by atoms with Crippen LogP contribution in [-0.2, 0) is 31.6 Å². The standard InChI is InChI=1S/C6H11BNO12P3/c7-6-3(1-8)5(9)4(18-6)2-17-22(13,14)20-23(15,16)19-21(10,11)12/h3-6,9H,2H2,(H,13,14)(H,15,16)(H2,10,11,12)/t3?,4-,5?,6-/m1/s1. The summed E-state index contributed by atoms with van der Waals surface area (Å²) in [6.45, 7) is -0.878. The van der Waals surface area contributed by atoms with Gasteiger partial charge in [0, 0.05) is 6.00 Å². The van der Waals surface area contributed by atoms with Crippen molar-refractivity contribution in [1.82, 2.24) is 0 Å². The van der Waals surface area contributed by atoms with Crippen molar-refractivity contribution in [1.29, 1.82) is 5.26 Å². The zero-order valence-electron chi connectivity index (χ0n) is 11.0. The molecule has 23 heavy (non-hydrogen) atoms. The first-order valence-corrected chi connectivity index (χ1v) is 10.1. The molecule has 5 N–H and O–H groups in total. The average Bonchev–Trinajstić information content (AvgIpc) is 2.56. The first-order valence-electron chi connectivity index (χ1n) is 5.53.